The zero-order valence-electron chi connectivity index (χ0n) is 14.8. The van der Waals surface area contributed by atoms with E-state index in [2.05, 4.69) is 16.0 Å². The van der Waals surface area contributed by atoms with Crippen molar-refractivity contribution in [2.45, 2.75) is 38.8 Å². The number of hydrogen-bond donors (Lipinski definition) is 4. The second kappa shape index (κ2) is 8.20. The summed E-state index contributed by atoms with van der Waals surface area (Å²) in [5, 5.41) is 17.9. The van der Waals surface area contributed by atoms with E-state index in [0.717, 1.165) is 12.1 Å². The van der Waals surface area contributed by atoms with Crippen molar-refractivity contribution in [1.29, 1.82) is 0 Å². The van der Waals surface area contributed by atoms with Gasteiger partial charge in [0.25, 0.3) is 0 Å². The minimum absolute atomic E-state index is 0.160. The minimum atomic E-state index is -1.12. The van der Waals surface area contributed by atoms with Crippen LogP contribution in [-0.4, -0.2) is 42.0 Å². The van der Waals surface area contributed by atoms with Gasteiger partial charge in [-0.05, 0) is 39.3 Å². The zero-order valence-corrected chi connectivity index (χ0v) is 14.8. The van der Waals surface area contributed by atoms with Gasteiger partial charge in [-0.2, -0.15) is 0 Å². The zero-order chi connectivity index (χ0) is 18.4. The van der Waals surface area contributed by atoms with Gasteiger partial charge in [-0.15, -0.1) is 0 Å². The molecule has 1 heterocycles. The van der Waals surface area contributed by atoms with Crippen LogP contribution in [0.1, 0.15) is 32.8 Å². The maximum absolute atomic E-state index is 12.1. The Bertz CT molecular complexity index is 586. The molecule has 1 aromatic carbocycles. The van der Waals surface area contributed by atoms with E-state index in [0.29, 0.717) is 19.0 Å². The van der Waals surface area contributed by atoms with E-state index in [1.54, 1.807) is 20.8 Å². The predicted molar refractivity (Wildman–Crippen MR) is 94.1 cm³/mol. The first kappa shape index (κ1) is 19.1. The smallest absolute Gasteiger partial charge is 0.407 e. The van der Waals surface area contributed by atoms with Crippen LogP contribution in [0.25, 0.3) is 0 Å². The minimum Gasteiger partial charge on any atom is -0.465 e. The van der Waals surface area contributed by atoms with Crippen molar-refractivity contribution in [3.63, 3.8) is 0 Å². The molecule has 0 bridgehead atoms. The number of amides is 2. The van der Waals surface area contributed by atoms with Gasteiger partial charge in [-0.3, -0.25) is 0 Å². The molecule has 1 fully saturated rings. The van der Waals surface area contributed by atoms with E-state index in [9.17, 15) is 14.7 Å². The number of alkyl carbamates (subject to hydrolysis) is 1. The summed E-state index contributed by atoms with van der Waals surface area (Å²) >= 11 is 0. The first-order valence-electron chi connectivity index (χ1n) is 8.39. The van der Waals surface area contributed by atoms with Crippen molar-refractivity contribution in [2.75, 3.05) is 13.1 Å². The van der Waals surface area contributed by atoms with Crippen LogP contribution in [0.2, 0.25) is 0 Å². The van der Waals surface area contributed by atoms with Gasteiger partial charge in [0.05, 0.1) is 6.04 Å². The van der Waals surface area contributed by atoms with Crippen molar-refractivity contribution in [3.8, 4) is 0 Å². The largest absolute Gasteiger partial charge is 0.465 e. The molecule has 1 aliphatic rings. The SMILES string of the molecule is CC(C)(C)OC(=O)NC1CNCCC1[C](NC(=O)O)c1ccccc1. The summed E-state index contributed by atoms with van der Waals surface area (Å²) in [5.74, 6) is -0.160. The van der Waals surface area contributed by atoms with Crippen LogP contribution < -0.4 is 16.0 Å². The highest BCUT2D eigenvalue weighted by Crippen LogP contribution is 2.28. The fourth-order valence-corrected chi connectivity index (χ4v) is 2.93. The molecule has 1 saturated heterocycles. The molecule has 0 aromatic heterocycles. The Morgan fingerprint density at radius 3 is 2.52 bits per heavy atom. The van der Waals surface area contributed by atoms with Crippen molar-refractivity contribution < 1.29 is 19.4 Å². The van der Waals surface area contributed by atoms with Gasteiger partial charge in [0.15, 0.2) is 0 Å². The number of nitrogens with one attached hydrogen (secondary N) is 3. The second-order valence-corrected chi connectivity index (χ2v) is 7.06. The van der Waals surface area contributed by atoms with Crippen molar-refractivity contribution in [3.05, 3.63) is 41.9 Å². The Morgan fingerprint density at radius 1 is 1.24 bits per heavy atom. The van der Waals surface area contributed by atoms with E-state index in [1.165, 1.54) is 0 Å². The van der Waals surface area contributed by atoms with Gasteiger partial charge in [0.1, 0.15) is 11.6 Å². The quantitative estimate of drug-likeness (QED) is 0.669. The lowest BCUT2D eigenvalue weighted by atomic mass is 9.82. The van der Waals surface area contributed by atoms with Gasteiger partial charge < -0.3 is 25.8 Å². The number of carboxylic acid groups (broad SMARTS) is 1. The van der Waals surface area contributed by atoms with Crippen molar-refractivity contribution in [2.24, 2.45) is 5.92 Å². The van der Waals surface area contributed by atoms with Crippen LogP contribution in [0, 0.1) is 12.0 Å². The Balaban J connectivity index is 2.18. The first-order chi connectivity index (χ1) is 11.8. The molecule has 0 spiro atoms. The molecule has 2 rings (SSSR count). The summed E-state index contributed by atoms with van der Waals surface area (Å²) in [7, 11) is 0. The van der Waals surface area contributed by atoms with Crippen molar-refractivity contribution >= 4 is 12.2 Å². The third kappa shape index (κ3) is 5.94. The summed E-state index contributed by atoms with van der Waals surface area (Å²) in [5.41, 5.74) is 0.209. The number of rotatable bonds is 4. The van der Waals surface area contributed by atoms with Gasteiger partial charge in [0, 0.05) is 12.5 Å². The summed E-state index contributed by atoms with van der Waals surface area (Å²) < 4.78 is 5.33. The lowest BCUT2D eigenvalue weighted by Gasteiger charge is -2.37. The first-order valence-corrected chi connectivity index (χ1v) is 8.39. The number of carbonyl (C=O) groups excluding carboxylic acids is 1. The lowest BCUT2D eigenvalue weighted by Crippen LogP contribution is -2.55. The van der Waals surface area contributed by atoms with Crippen LogP contribution >= 0.6 is 0 Å². The molecule has 7 nitrogen and oxygen atoms in total. The molecule has 2 atom stereocenters. The molecule has 2 amide bonds. The number of hydrogen-bond acceptors (Lipinski definition) is 4. The Hall–Kier alpha value is -2.28. The Kier molecular flexibility index (Phi) is 6.25. The normalized spacial score (nSPS) is 20.8. The topological polar surface area (TPSA) is 99.7 Å². The molecule has 7 heteroatoms. The summed E-state index contributed by atoms with van der Waals surface area (Å²) in [4.78, 5) is 23.4. The van der Waals surface area contributed by atoms with Crippen LogP contribution in [0.3, 0.4) is 0 Å². The number of carbonyl (C=O) groups is 2. The average Bonchev–Trinajstić information content (AvgIpc) is 2.52. The molecule has 4 N–H and O–H groups in total. The number of ether oxygens (including phenoxy) is 1. The molecule has 1 radical (unpaired) electrons. The van der Waals surface area contributed by atoms with Crippen LogP contribution in [0.5, 0.6) is 0 Å². The molecular formula is C18H26N3O4. The number of benzene rings is 1. The molecular weight excluding hydrogens is 322 g/mol. The number of piperidine rings is 1. The second-order valence-electron chi connectivity index (χ2n) is 7.06. The molecule has 25 heavy (non-hydrogen) atoms. The van der Waals surface area contributed by atoms with Crippen LogP contribution in [0.4, 0.5) is 9.59 Å². The fraction of sp³-hybridized carbons (Fsp3) is 0.500. The van der Waals surface area contributed by atoms with E-state index in [1.807, 2.05) is 30.3 Å². The third-order valence-electron chi connectivity index (χ3n) is 3.88. The monoisotopic (exact) mass is 348 g/mol. The van der Waals surface area contributed by atoms with E-state index in [-0.39, 0.29) is 12.0 Å². The highest BCUT2D eigenvalue weighted by molar-refractivity contribution is 5.69. The standard InChI is InChI=1S/C18H26N3O4/c1-18(2,3)25-17(24)20-14-11-19-10-9-13(14)15(21-16(22)23)12-7-5-4-6-8-12/h4-8,13-14,19,21H,9-11H2,1-3H3,(H,20,24)(H,22,23). The van der Waals surface area contributed by atoms with Gasteiger partial charge in [-0.25, -0.2) is 9.59 Å². The summed E-state index contributed by atoms with van der Waals surface area (Å²) in [6.45, 7) is 6.69. The third-order valence-corrected chi connectivity index (χ3v) is 3.88. The van der Waals surface area contributed by atoms with Crippen LogP contribution in [0.15, 0.2) is 30.3 Å². The maximum atomic E-state index is 12.1. The molecule has 2 unspecified atom stereocenters. The molecule has 1 aromatic rings. The predicted octanol–water partition coefficient (Wildman–Crippen LogP) is 2.34. The van der Waals surface area contributed by atoms with Gasteiger partial charge in [-0.1, -0.05) is 30.3 Å². The highest BCUT2D eigenvalue weighted by Gasteiger charge is 2.36. The fourth-order valence-electron chi connectivity index (χ4n) is 2.93. The highest BCUT2D eigenvalue weighted by atomic mass is 16.6. The lowest BCUT2D eigenvalue weighted by molar-refractivity contribution is 0.0478. The van der Waals surface area contributed by atoms with Gasteiger partial charge in [0.2, 0.25) is 0 Å². The molecule has 137 valence electrons. The molecule has 0 aliphatic carbocycles. The van der Waals surface area contributed by atoms with E-state index < -0.39 is 17.8 Å². The Morgan fingerprint density at radius 2 is 1.92 bits per heavy atom. The molecule has 1 aliphatic heterocycles. The maximum Gasteiger partial charge on any atom is 0.407 e. The van der Waals surface area contributed by atoms with Crippen molar-refractivity contribution in [1.82, 2.24) is 16.0 Å². The average molecular weight is 348 g/mol. The molecule has 0 saturated carbocycles. The summed E-state index contributed by atoms with van der Waals surface area (Å²) in [6.07, 6.45) is -0.923. The van der Waals surface area contributed by atoms with E-state index in [4.69, 9.17) is 4.74 Å². The van der Waals surface area contributed by atoms with E-state index >= 15 is 0 Å². The van der Waals surface area contributed by atoms with Gasteiger partial charge >= 0.3 is 12.2 Å². The summed E-state index contributed by atoms with van der Waals surface area (Å²) in [6, 6.07) is 9.63. The van der Waals surface area contributed by atoms with Crippen LogP contribution in [-0.2, 0) is 4.74 Å². The Labute approximate surface area is 148 Å².